The molecular weight excluding hydrogens is 262 g/mol. The maximum absolute atomic E-state index is 9.25. The second-order valence-corrected chi connectivity index (χ2v) is 5.34. The number of hydrogen-bond acceptors (Lipinski definition) is 3. The second-order valence-electron chi connectivity index (χ2n) is 5.34. The van der Waals surface area contributed by atoms with Gasteiger partial charge in [-0.05, 0) is 55.2 Å². The third-order valence-corrected chi connectivity index (χ3v) is 3.62. The average molecular weight is 285 g/mol. The van der Waals surface area contributed by atoms with Crippen molar-refractivity contribution in [2.24, 2.45) is 0 Å². The van der Waals surface area contributed by atoms with Gasteiger partial charge in [0.05, 0.1) is 7.11 Å². The minimum atomic E-state index is 0.311. The summed E-state index contributed by atoms with van der Waals surface area (Å²) < 4.78 is 5.16. The van der Waals surface area contributed by atoms with Crippen LogP contribution in [0.3, 0.4) is 0 Å². The van der Waals surface area contributed by atoms with Gasteiger partial charge < -0.3 is 15.2 Å². The van der Waals surface area contributed by atoms with E-state index in [0.29, 0.717) is 11.8 Å². The number of ether oxygens (including phenoxy) is 1. The van der Waals surface area contributed by atoms with Gasteiger partial charge in [0.2, 0.25) is 0 Å². The Morgan fingerprint density at radius 1 is 1.00 bits per heavy atom. The summed E-state index contributed by atoms with van der Waals surface area (Å²) in [6.45, 7) is 3.02. The molecule has 0 bridgehead atoms. The summed E-state index contributed by atoms with van der Waals surface area (Å²) in [4.78, 5) is 0. The Morgan fingerprint density at radius 3 is 2.24 bits per heavy atom. The van der Waals surface area contributed by atoms with Gasteiger partial charge in [0.15, 0.2) is 0 Å². The van der Waals surface area contributed by atoms with Gasteiger partial charge in [0, 0.05) is 12.6 Å². The van der Waals surface area contributed by atoms with Crippen LogP contribution in [0.4, 0.5) is 0 Å². The number of aromatic hydroxyl groups is 1. The van der Waals surface area contributed by atoms with E-state index < -0.39 is 0 Å². The molecule has 0 spiro atoms. The topological polar surface area (TPSA) is 41.5 Å². The largest absolute Gasteiger partial charge is 0.508 e. The molecule has 0 radical (unpaired) electrons. The van der Waals surface area contributed by atoms with Gasteiger partial charge in [-0.15, -0.1) is 0 Å². The van der Waals surface area contributed by atoms with Crippen molar-refractivity contribution in [3.8, 4) is 11.5 Å². The lowest BCUT2D eigenvalue weighted by atomic mass is 10.1. The number of phenolic OH excluding ortho intramolecular Hbond substituents is 1. The lowest BCUT2D eigenvalue weighted by Gasteiger charge is -2.14. The molecule has 2 aromatic rings. The molecule has 21 heavy (non-hydrogen) atoms. The Kier molecular flexibility index (Phi) is 5.64. The minimum Gasteiger partial charge on any atom is -0.508 e. The number of methoxy groups -OCH3 is 1. The normalized spacial score (nSPS) is 12.1. The Balaban J connectivity index is 1.73. The van der Waals surface area contributed by atoms with Gasteiger partial charge in [0.1, 0.15) is 11.5 Å². The SMILES string of the molecule is COc1ccc(CCC(C)NCc2ccc(O)cc2)cc1. The molecule has 0 aliphatic heterocycles. The van der Waals surface area contributed by atoms with Crippen LogP contribution in [-0.4, -0.2) is 18.3 Å². The fourth-order valence-electron chi connectivity index (χ4n) is 2.18. The fourth-order valence-corrected chi connectivity index (χ4v) is 2.18. The maximum atomic E-state index is 9.25. The third kappa shape index (κ3) is 5.12. The van der Waals surface area contributed by atoms with Crippen LogP contribution in [0.15, 0.2) is 48.5 Å². The molecule has 0 saturated heterocycles. The van der Waals surface area contributed by atoms with Crippen molar-refractivity contribution in [2.45, 2.75) is 32.4 Å². The van der Waals surface area contributed by atoms with Crippen molar-refractivity contribution in [3.05, 3.63) is 59.7 Å². The van der Waals surface area contributed by atoms with E-state index in [9.17, 15) is 5.11 Å². The van der Waals surface area contributed by atoms with E-state index in [4.69, 9.17) is 4.74 Å². The van der Waals surface area contributed by atoms with Gasteiger partial charge in [-0.3, -0.25) is 0 Å². The lowest BCUT2D eigenvalue weighted by molar-refractivity contribution is 0.414. The van der Waals surface area contributed by atoms with Gasteiger partial charge in [-0.1, -0.05) is 24.3 Å². The van der Waals surface area contributed by atoms with Crippen molar-refractivity contribution in [2.75, 3.05) is 7.11 Å². The second kappa shape index (κ2) is 7.70. The van der Waals surface area contributed by atoms with Crippen molar-refractivity contribution in [3.63, 3.8) is 0 Å². The van der Waals surface area contributed by atoms with Gasteiger partial charge in [-0.25, -0.2) is 0 Å². The third-order valence-electron chi connectivity index (χ3n) is 3.62. The molecule has 0 heterocycles. The molecule has 0 aromatic heterocycles. The highest BCUT2D eigenvalue weighted by atomic mass is 16.5. The van der Waals surface area contributed by atoms with Crippen molar-refractivity contribution in [1.29, 1.82) is 0 Å². The predicted molar refractivity (Wildman–Crippen MR) is 85.7 cm³/mol. The number of nitrogens with one attached hydrogen (secondary N) is 1. The Labute approximate surface area is 126 Å². The Morgan fingerprint density at radius 2 is 1.62 bits per heavy atom. The Bertz CT molecular complexity index is 534. The molecule has 0 saturated carbocycles. The number of phenols is 1. The van der Waals surface area contributed by atoms with E-state index in [2.05, 4.69) is 24.4 Å². The van der Waals surface area contributed by atoms with Crippen LogP contribution >= 0.6 is 0 Å². The molecule has 3 heteroatoms. The molecule has 2 aromatic carbocycles. The summed E-state index contributed by atoms with van der Waals surface area (Å²) in [5.41, 5.74) is 2.51. The van der Waals surface area contributed by atoms with Crippen molar-refractivity contribution < 1.29 is 9.84 Å². The van der Waals surface area contributed by atoms with Crippen LogP contribution in [0.5, 0.6) is 11.5 Å². The predicted octanol–water partition coefficient (Wildman–Crippen LogP) is 3.51. The van der Waals surface area contributed by atoms with E-state index in [-0.39, 0.29) is 0 Å². The highest BCUT2D eigenvalue weighted by molar-refractivity contribution is 5.27. The zero-order chi connectivity index (χ0) is 15.1. The van der Waals surface area contributed by atoms with Crippen molar-refractivity contribution in [1.82, 2.24) is 5.32 Å². The molecule has 0 fully saturated rings. The van der Waals surface area contributed by atoms with E-state index in [0.717, 1.165) is 25.1 Å². The number of benzene rings is 2. The first-order valence-corrected chi connectivity index (χ1v) is 7.31. The first-order valence-electron chi connectivity index (χ1n) is 7.31. The quantitative estimate of drug-likeness (QED) is 0.818. The molecule has 0 aliphatic carbocycles. The maximum Gasteiger partial charge on any atom is 0.118 e. The zero-order valence-corrected chi connectivity index (χ0v) is 12.7. The van der Waals surface area contributed by atoms with Crippen LogP contribution in [0, 0.1) is 0 Å². The lowest BCUT2D eigenvalue weighted by Crippen LogP contribution is -2.25. The Hall–Kier alpha value is -2.00. The van der Waals surface area contributed by atoms with Crippen LogP contribution in [-0.2, 0) is 13.0 Å². The molecule has 112 valence electrons. The number of rotatable bonds is 7. The minimum absolute atomic E-state index is 0.311. The van der Waals surface area contributed by atoms with E-state index >= 15 is 0 Å². The molecule has 3 nitrogen and oxygen atoms in total. The molecule has 1 atom stereocenters. The first-order chi connectivity index (χ1) is 10.2. The first kappa shape index (κ1) is 15.4. The zero-order valence-electron chi connectivity index (χ0n) is 12.7. The molecule has 0 amide bonds. The summed E-state index contributed by atoms with van der Waals surface area (Å²) >= 11 is 0. The van der Waals surface area contributed by atoms with Crippen LogP contribution < -0.4 is 10.1 Å². The molecule has 0 aliphatic rings. The summed E-state index contributed by atoms with van der Waals surface area (Å²) in [7, 11) is 1.68. The standard InChI is InChI=1S/C18H23NO2/c1-14(19-13-16-5-9-17(20)10-6-16)3-4-15-7-11-18(21-2)12-8-15/h5-12,14,19-20H,3-4,13H2,1-2H3. The summed E-state index contributed by atoms with van der Waals surface area (Å²) in [5, 5.41) is 12.8. The van der Waals surface area contributed by atoms with E-state index in [1.807, 2.05) is 24.3 Å². The smallest absolute Gasteiger partial charge is 0.118 e. The molecule has 2 N–H and O–H groups in total. The number of hydrogen-bond donors (Lipinski definition) is 2. The van der Waals surface area contributed by atoms with Gasteiger partial charge in [-0.2, -0.15) is 0 Å². The average Bonchev–Trinajstić information content (AvgIpc) is 2.53. The summed E-state index contributed by atoms with van der Waals surface area (Å²) in [5.74, 6) is 1.21. The fraction of sp³-hybridized carbons (Fsp3) is 0.333. The van der Waals surface area contributed by atoms with Crippen molar-refractivity contribution >= 4 is 0 Å². The number of aryl methyl sites for hydroxylation is 1. The van der Waals surface area contributed by atoms with Gasteiger partial charge >= 0.3 is 0 Å². The van der Waals surface area contributed by atoms with Crippen LogP contribution in [0.1, 0.15) is 24.5 Å². The van der Waals surface area contributed by atoms with Crippen LogP contribution in [0.2, 0.25) is 0 Å². The summed E-state index contributed by atoms with van der Waals surface area (Å²) in [6.07, 6.45) is 2.14. The highest BCUT2D eigenvalue weighted by Crippen LogP contribution is 2.14. The molecule has 1 unspecified atom stereocenters. The van der Waals surface area contributed by atoms with Gasteiger partial charge in [0.25, 0.3) is 0 Å². The molecule has 2 rings (SSSR count). The summed E-state index contributed by atoms with van der Waals surface area (Å²) in [6, 6.07) is 16.0. The monoisotopic (exact) mass is 285 g/mol. The highest BCUT2D eigenvalue weighted by Gasteiger charge is 2.03. The van der Waals surface area contributed by atoms with E-state index in [1.165, 1.54) is 11.1 Å². The van der Waals surface area contributed by atoms with Crippen LogP contribution in [0.25, 0.3) is 0 Å². The molecular formula is C18H23NO2. The van der Waals surface area contributed by atoms with E-state index in [1.54, 1.807) is 19.2 Å².